The smallest absolute Gasteiger partial charge is 0.114 e. The van der Waals surface area contributed by atoms with Crippen LogP contribution < -0.4 is 0 Å². The average Bonchev–Trinajstić information content (AvgIpc) is 2.52. The van der Waals surface area contributed by atoms with Crippen LogP contribution in [0.4, 0.5) is 0 Å². The molecule has 1 rings (SSSR count). The number of hydrogen-bond donors (Lipinski definition) is 3. The second-order valence-corrected chi connectivity index (χ2v) is 6.75. The standard InChI is InChI=1S/C17H34O8/c1-10(18)6-23-12(3)8-22-9-14-17(21-5)15(20)16(13(4)25-14)24-7-11(2)19/h10-20H,6-9H2,1-5H3. The Bertz CT molecular complexity index is 352. The maximum absolute atomic E-state index is 10.5. The van der Waals surface area contributed by atoms with Gasteiger partial charge in [-0.1, -0.05) is 0 Å². The summed E-state index contributed by atoms with van der Waals surface area (Å²) in [6.07, 6.45) is -4.16. The SMILES string of the molecule is COC1C(COCC(C)OCC(C)O)OC(C)C(OCC(C)O)C1O. The summed E-state index contributed by atoms with van der Waals surface area (Å²) in [7, 11) is 1.50. The van der Waals surface area contributed by atoms with Crippen molar-refractivity contribution in [3.63, 3.8) is 0 Å². The lowest BCUT2D eigenvalue weighted by Crippen LogP contribution is -2.59. The largest absolute Gasteiger partial charge is 0.391 e. The molecule has 1 aliphatic rings. The van der Waals surface area contributed by atoms with Crippen molar-refractivity contribution in [2.75, 3.05) is 33.5 Å². The Labute approximate surface area is 150 Å². The Hall–Kier alpha value is -0.320. The zero-order valence-electron chi connectivity index (χ0n) is 15.8. The maximum Gasteiger partial charge on any atom is 0.114 e. The highest BCUT2D eigenvalue weighted by Gasteiger charge is 2.44. The Balaban J connectivity index is 2.46. The molecule has 150 valence electrons. The first-order chi connectivity index (χ1) is 11.8. The third-order valence-corrected chi connectivity index (χ3v) is 3.95. The monoisotopic (exact) mass is 366 g/mol. The van der Waals surface area contributed by atoms with E-state index in [9.17, 15) is 15.3 Å². The molecule has 0 aromatic rings. The molecule has 8 unspecified atom stereocenters. The molecule has 8 atom stereocenters. The minimum absolute atomic E-state index is 0.116. The molecule has 0 aliphatic carbocycles. The fourth-order valence-corrected chi connectivity index (χ4v) is 2.73. The lowest BCUT2D eigenvalue weighted by Gasteiger charge is -2.43. The molecule has 8 nitrogen and oxygen atoms in total. The van der Waals surface area contributed by atoms with E-state index in [1.165, 1.54) is 7.11 Å². The van der Waals surface area contributed by atoms with Crippen molar-refractivity contribution in [2.45, 2.75) is 76.5 Å². The van der Waals surface area contributed by atoms with Gasteiger partial charge in [0.05, 0.1) is 50.8 Å². The first-order valence-electron chi connectivity index (χ1n) is 8.79. The van der Waals surface area contributed by atoms with Gasteiger partial charge in [-0.3, -0.25) is 0 Å². The summed E-state index contributed by atoms with van der Waals surface area (Å²) in [5.74, 6) is 0. The van der Waals surface area contributed by atoms with E-state index in [1.54, 1.807) is 13.8 Å². The van der Waals surface area contributed by atoms with Crippen LogP contribution in [0.1, 0.15) is 27.7 Å². The van der Waals surface area contributed by atoms with Crippen LogP contribution >= 0.6 is 0 Å². The van der Waals surface area contributed by atoms with Gasteiger partial charge in [0.1, 0.15) is 24.4 Å². The van der Waals surface area contributed by atoms with Crippen molar-refractivity contribution in [2.24, 2.45) is 0 Å². The van der Waals surface area contributed by atoms with Crippen LogP contribution in [-0.4, -0.2) is 97.7 Å². The molecule has 0 bridgehead atoms. The van der Waals surface area contributed by atoms with Crippen LogP contribution in [-0.2, 0) is 23.7 Å². The highest BCUT2D eigenvalue weighted by atomic mass is 16.6. The van der Waals surface area contributed by atoms with Crippen LogP contribution in [0.5, 0.6) is 0 Å². The Morgan fingerprint density at radius 2 is 1.64 bits per heavy atom. The van der Waals surface area contributed by atoms with Crippen molar-refractivity contribution >= 4 is 0 Å². The second-order valence-electron chi connectivity index (χ2n) is 6.75. The van der Waals surface area contributed by atoms with Crippen molar-refractivity contribution in [1.29, 1.82) is 0 Å². The molecule has 0 saturated carbocycles. The average molecular weight is 366 g/mol. The van der Waals surface area contributed by atoms with Crippen LogP contribution in [0.3, 0.4) is 0 Å². The fourth-order valence-electron chi connectivity index (χ4n) is 2.73. The molecule has 1 fully saturated rings. The maximum atomic E-state index is 10.5. The van der Waals surface area contributed by atoms with Gasteiger partial charge in [0.15, 0.2) is 0 Å². The van der Waals surface area contributed by atoms with Crippen LogP contribution in [0.2, 0.25) is 0 Å². The molecule has 25 heavy (non-hydrogen) atoms. The van der Waals surface area contributed by atoms with Gasteiger partial charge in [0, 0.05) is 7.11 Å². The van der Waals surface area contributed by atoms with E-state index in [2.05, 4.69) is 0 Å². The van der Waals surface area contributed by atoms with E-state index >= 15 is 0 Å². The van der Waals surface area contributed by atoms with Gasteiger partial charge < -0.3 is 39.0 Å². The molecule has 0 aromatic carbocycles. The first kappa shape index (κ1) is 22.7. The van der Waals surface area contributed by atoms with Gasteiger partial charge in [-0.2, -0.15) is 0 Å². The number of aliphatic hydroxyl groups is 3. The number of hydrogen-bond acceptors (Lipinski definition) is 8. The van der Waals surface area contributed by atoms with E-state index < -0.39 is 36.6 Å². The van der Waals surface area contributed by atoms with Gasteiger partial charge in [-0.25, -0.2) is 0 Å². The molecule has 1 aliphatic heterocycles. The molecular weight excluding hydrogens is 332 g/mol. The number of ether oxygens (including phenoxy) is 5. The second kappa shape index (κ2) is 11.4. The van der Waals surface area contributed by atoms with Crippen molar-refractivity contribution < 1.29 is 39.0 Å². The van der Waals surface area contributed by atoms with Gasteiger partial charge in [0.2, 0.25) is 0 Å². The number of rotatable bonds is 11. The molecular formula is C17H34O8. The quantitative estimate of drug-likeness (QED) is 0.458. The summed E-state index contributed by atoms with van der Waals surface area (Å²) in [6.45, 7) is 7.89. The van der Waals surface area contributed by atoms with E-state index in [0.717, 1.165) is 0 Å². The van der Waals surface area contributed by atoms with Gasteiger partial charge in [0.25, 0.3) is 0 Å². The molecule has 0 amide bonds. The lowest BCUT2D eigenvalue weighted by molar-refractivity contribution is -0.249. The van der Waals surface area contributed by atoms with Gasteiger partial charge >= 0.3 is 0 Å². The molecule has 8 heteroatoms. The molecule has 1 saturated heterocycles. The zero-order chi connectivity index (χ0) is 19.0. The topological polar surface area (TPSA) is 107 Å². The Morgan fingerprint density at radius 1 is 1.00 bits per heavy atom. The normalized spacial score (nSPS) is 33.8. The number of methoxy groups -OCH3 is 1. The van der Waals surface area contributed by atoms with Crippen molar-refractivity contribution in [3.8, 4) is 0 Å². The van der Waals surface area contributed by atoms with E-state index in [1.807, 2.05) is 13.8 Å². The van der Waals surface area contributed by atoms with Crippen molar-refractivity contribution in [3.05, 3.63) is 0 Å². The minimum Gasteiger partial charge on any atom is -0.391 e. The number of aliphatic hydroxyl groups excluding tert-OH is 3. The van der Waals surface area contributed by atoms with E-state index in [4.69, 9.17) is 23.7 Å². The minimum atomic E-state index is -0.884. The molecule has 3 N–H and O–H groups in total. The van der Waals surface area contributed by atoms with Crippen LogP contribution in [0, 0.1) is 0 Å². The highest BCUT2D eigenvalue weighted by molar-refractivity contribution is 4.92. The third kappa shape index (κ3) is 7.84. The molecule has 0 radical (unpaired) electrons. The molecule has 1 heterocycles. The summed E-state index contributed by atoms with van der Waals surface area (Å²) in [6, 6.07) is 0. The summed E-state index contributed by atoms with van der Waals surface area (Å²) < 4.78 is 27.9. The summed E-state index contributed by atoms with van der Waals surface area (Å²) in [5.41, 5.74) is 0. The predicted molar refractivity (Wildman–Crippen MR) is 90.5 cm³/mol. The third-order valence-electron chi connectivity index (χ3n) is 3.95. The summed E-state index contributed by atoms with van der Waals surface area (Å²) in [4.78, 5) is 0. The summed E-state index contributed by atoms with van der Waals surface area (Å²) in [5, 5.41) is 29.1. The molecule has 0 aromatic heterocycles. The zero-order valence-corrected chi connectivity index (χ0v) is 15.8. The van der Waals surface area contributed by atoms with Crippen LogP contribution in [0.25, 0.3) is 0 Å². The van der Waals surface area contributed by atoms with Crippen molar-refractivity contribution in [1.82, 2.24) is 0 Å². The summed E-state index contributed by atoms with van der Waals surface area (Å²) >= 11 is 0. The Kier molecular flexibility index (Phi) is 10.4. The Morgan fingerprint density at radius 3 is 2.20 bits per heavy atom. The van der Waals surface area contributed by atoms with Crippen LogP contribution in [0.15, 0.2) is 0 Å². The van der Waals surface area contributed by atoms with Gasteiger partial charge in [-0.15, -0.1) is 0 Å². The van der Waals surface area contributed by atoms with Gasteiger partial charge in [-0.05, 0) is 27.7 Å². The predicted octanol–water partition coefficient (Wildman–Crippen LogP) is -0.282. The molecule has 0 spiro atoms. The van der Waals surface area contributed by atoms with E-state index in [0.29, 0.717) is 6.61 Å². The highest BCUT2D eigenvalue weighted by Crippen LogP contribution is 2.25. The van der Waals surface area contributed by atoms with E-state index in [-0.39, 0.29) is 32.0 Å². The first-order valence-corrected chi connectivity index (χ1v) is 8.79. The fraction of sp³-hybridized carbons (Fsp3) is 1.00. The lowest BCUT2D eigenvalue weighted by atomic mass is 9.95.